The van der Waals surface area contributed by atoms with Gasteiger partial charge in [0.1, 0.15) is 0 Å². The molecule has 1 saturated carbocycles. The zero-order chi connectivity index (χ0) is 16.1. The smallest absolute Gasteiger partial charge is 0.228 e. The second kappa shape index (κ2) is 8.30. The zero-order valence-electron chi connectivity index (χ0n) is 15.1. The van der Waals surface area contributed by atoms with Crippen molar-refractivity contribution in [1.82, 2.24) is 14.7 Å². The highest BCUT2D eigenvalue weighted by molar-refractivity contribution is 5.80. The first kappa shape index (κ1) is 17.7. The van der Waals surface area contributed by atoms with Gasteiger partial charge in [-0.3, -0.25) is 9.69 Å². The van der Waals surface area contributed by atoms with E-state index in [0.717, 1.165) is 51.2 Å². The monoisotopic (exact) mass is 309 g/mol. The van der Waals surface area contributed by atoms with Gasteiger partial charge in [0, 0.05) is 45.3 Å². The molecule has 1 amide bonds. The van der Waals surface area contributed by atoms with Crippen LogP contribution in [0.2, 0.25) is 0 Å². The molecule has 22 heavy (non-hydrogen) atoms. The number of nitrogens with zero attached hydrogens (tertiary/aromatic N) is 3. The summed E-state index contributed by atoms with van der Waals surface area (Å²) in [4.78, 5) is 19.3. The van der Waals surface area contributed by atoms with Crippen LogP contribution in [-0.2, 0) is 4.79 Å². The van der Waals surface area contributed by atoms with Crippen LogP contribution in [0.3, 0.4) is 0 Å². The molecule has 2 heterocycles. The van der Waals surface area contributed by atoms with E-state index in [1.54, 1.807) is 0 Å². The molecule has 1 aliphatic carbocycles. The molecule has 0 bridgehead atoms. The molecule has 4 heteroatoms. The molecule has 3 rings (SSSR count). The maximum Gasteiger partial charge on any atom is 0.228 e. The lowest BCUT2D eigenvalue weighted by Gasteiger charge is -2.44. The van der Waals surface area contributed by atoms with Crippen LogP contribution < -0.4 is 0 Å². The topological polar surface area (TPSA) is 26.8 Å². The maximum atomic E-state index is 12.3. The van der Waals surface area contributed by atoms with Gasteiger partial charge in [0.2, 0.25) is 5.91 Å². The average molecular weight is 309 g/mol. The van der Waals surface area contributed by atoms with Crippen molar-refractivity contribution in [3.8, 4) is 0 Å². The lowest BCUT2D eigenvalue weighted by Crippen LogP contribution is -2.58. The van der Waals surface area contributed by atoms with Crippen LogP contribution in [0.1, 0.15) is 46.5 Å². The van der Waals surface area contributed by atoms with Crippen molar-refractivity contribution >= 4 is 5.91 Å². The van der Waals surface area contributed by atoms with Gasteiger partial charge in [-0.2, -0.15) is 0 Å². The number of carbonyl (C=O) groups is 1. The molecule has 0 aromatic heterocycles. The molecule has 3 aliphatic rings. The van der Waals surface area contributed by atoms with Crippen molar-refractivity contribution in [2.45, 2.75) is 52.5 Å². The largest absolute Gasteiger partial charge is 0.340 e. The first-order valence-corrected chi connectivity index (χ1v) is 9.35. The standard InChI is InChI=1S/C16H29N3O.C2H6/c1-13-3-5-15(6-4-13)18-7-9-19(10-8-18)16(20)14-11-17(2)12-14;1-2/h13-15H,3-12H2,1-2H3;1-2H3. The second-order valence-corrected chi connectivity index (χ2v) is 7.19. The van der Waals surface area contributed by atoms with E-state index in [1.165, 1.54) is 25.7 Å². The van der Waals surface area contributed by atoms with Crippen LogP contribution in [0, 0.1) is 11.8 Å². The third-order valence-electron chi connectivity index (χ3n) is 5.54. The highest BCUT2D eigenvalue weighted by atomic mass is 16.2. The second-order valence-electron chi connectivity index (χ2n) is 7.19. The summed E-state index contributed by atoms with van der Waals surface area (Å²) >= 11 is 0. The molecule has 0 spiro atoms. The van der Waals surface area contributed by atoms with E-state index < -0.39 is 0 Å². The first-order chi connectivity index (χ1) is 10.6. The molecule has 2 aliphatic heterocycles. The Labute approximate surface area is 136 Å². The number of likely N-dealkylation sites (tertiary alicyclic amines) is 1. The molecule has 0 aromatic rings. The fraction of sp³-hybridized carbons (Fsp3) is 0.944. The summed E-state index contributed by atoms with van der Waals surface area (Å²) in [7, 11) is 2.09. The highest BCUT2D eigenvalue weighted by Crippen LogP contribution is 2.28. The summed E-state index contributed by atoms with van der Waals surface area (Å²) in [5, 5.41) is 0. The molecule has 0 atom stereocenters. The van der Waals surface area contributed by atoms with Crippen molar-refractivity contribution in [2.24, 2.45) is 11.8 Å². The van der Waals surface area contributed by atoms with E-state index in [4.69, 9.17) is 0 Å². The van der Waals surface area contributed by atoms with Gasteiger partial charge < -0.3 is 9.80 Å². The highest BCUT2D eigenvalue weighted by Gasteiger charge is 2.35. The van der Waals surface area contributed by atoms with Crippen molar-refractivity contribution < 1.29 is 4.79 Å². The Hall–Kier alpha value is -0.610. The van der Waals surface area contributed by atoms with Crippen molar-refractivity contribution in [3.05, 3.63) is 0 Å². The summed E-state index contributed by atoms with van der Waals surface area (Å²) in [5.74, 6) is 1.60. The fourth-order valence-electron chi connectivity index (χ4n) is 4.03. The molecular weight excluding hydrogens is 274 g/mol. The third kappa shape index (κ3) is 4.23. The molecule has 0 radical (unpaired) electrons. The first-order valence-electron chi connectivity index (χ1n) is 9.35. The van der Waals surface area contributed by atoms with Gasteiger partial charge in [0.25, 0.3) is 0 Å². The summed E-state index contributed by atoms with van der Waals surface area (Å²) in [5.41, 5.74) is 0. The summed E-state index contributed by atoms with van der Waals surface area (Å²) in [6.45, 7) is 12.4. The van der Waals surface area contributed by atoms with Gasteiger partial charge in [-0.05, 0) is 38.6 Å². The van der Waals surface area contributed by atoms with Gasteiger partial charge in [0.05, 0.1) is 5.92 Å². The quantitative estimate of drug-likeness (QED) is 0.783. The van der Waals surface area contributed by atoms with E-state index in [9.17, 15) is 4.79 Å². The summed E-state index contributed by atoms with van der Waals surface area (Å²) < 4.78 is 0. The number of rotatable bonds is 2. The molecular formula is C18H35N3O. The number of piperazine rings is 1. The predicted octanol–water partition coefficient (Wildman–Crippen LogP) is 2.30. The van der Waals surface area contributed by atoms with Gasteiger partial charge in [-0.25, -0.2) is 0 Å². The molecule has 0 unspecified atom stereocenters. The molecule has 2 saturated heterocycles. The minimum absolute atomic E-state index is 0.280. The van der Waals surface area contributed by atoms with Gasteiger partial charge in [0.15, 0.2) is 0 Å². The van der Waals surface area contributed by atoms with Crippen LogP contribution in [0.15, 0.2) is 0 Å². The van der Waals surface area contributed by atoms with E-state index in [0.29, 0.717) is 5.91 Å². The number of carbonyl (C=O) groups excluding carboxylic acids is 1. The molecule has 0 N–H and O–H groups in total. The van der Waals surface area contributed by atoms with Gasteiger partial charge in [-0.15, -0.1) is 0 Å². The Balaban J connectivity index is 0.000000847. The van der Waals surface area contributed by atoms with Gasteiger partial charge >= 0.3 is 0 Å². The van der Waals surface area contributed by atoms with Crippen LogP contribution in [0.4, 0.5) is 0 Å². The Morgan fingerprint density at radius 3 is 1.95 bits per heavy atom. The Kier molecular flexibility index (Phi) is 6.69. The minimum Gasteiger partial charge on any atom is -0.340 e. The van der Waals surface area contributed by atoms with Crippen molar-refractivity contribution in [3.63, 3.8) is 0 Å². The summed E-state index contributed by atoms with van der Waals surface area (Å²) in [6.07, 6.45) is 5.50. The van der Waals surface area contributed by atoms with E-state index in [1.807, 2.05) is 13.8 Å². The van der Waals surface area contributed by atoms with Gasteiger partial charge in [-0.1, -0.05) is 20.8 Å². The Bertz CT molecular complexity index is 338. The molecule has 4 nitrogen and oxygen atoms in total. The van der Waals surface area contributed by atoms with Crippen LogP contribution in [0.5, 0.6) is 0 Å². The minimum atomic E-state index is 0.280. The third-order valence-corrected chi connectivity index (χ3v) is 5.54. The van der Waals surface area contributed by atoms with Crippen molar-refractivity contribution in [2.75, 3.05) is 46.3 Å². The SMILES string of the molecule is CC.CC1CCC(N2CCN(C(=O)C3CN(C)C3)CC2)CC1. The lowest BCUT2D eigenvalue weighted by atomic mass is 9.86. The van der Waals surface area contributed by atoms with E-state index in [-0.39, 0.29) is 5.92 Å². The lowest BCUT2D eigenvalue weighted by molar-refractivity contribution is -0.142. The van der Waals surface area contributed by atoms with Crippen molar-refractivity contribution in [1.29, 1.82) is 0 Å². The normalized spacial score (nSPS) is 31.2. The molecule has 3 fully saturated rings. The van der Waals surface area contributed by atoms with Crippen LogP contribution in [-0.4, -0.2) is 73.0 Å². The Morgan fingerprint density at radius 1 is 0.909 bits per heavy atom. The number of hydrogen-bond acceptors (Lipinski definition) is 3. The number of amides is 1. The average Bonchev–Trinajstić information content (AvgIpc) is 2.54. The van der Waals surface area contributed by atoms with E-state index in [2.05, 4.69) is 28.7 Å². The van der Waals surface area contributed by atoms with Crippen LogP contribution in [0.25, 0.3) is 0 Å². The molecule has 128 valence electrons. The zero-order valence-corrected chi connectivity index (χ0v) is 15.1. The predicted molar refractivity (Wildman–Crippen MR) is 91.9 cm³/mol. The maximum absolute atomic E-state index is 12.3. The summed E-state index contributed by atoms with van der Waals surface area (Å²) in [6, 6.07) is 0.790. The van der Waals surface area contributed by atoms with Crippen LogP contribution >= 0.6 is 0 Å². The van der Waals surface area contributed by atoms with E-state index >= 15 is 0 Å². The Morgan fingerprint density at radius 2 is 1.45 bits per heavy atom. The molecule has 0 aromatic carbocycles. The number of hydrogen-bond donors (Lipinski definition) is 0. The fourth-order valence-corrected chi connectivity index (χ4v) is 4.03.